The van der Waals surface area contributed by atoms with Gasteiger partial charge in [-0.2, -0.15) is 0 Å². The smallest absolute Gasteiger partial charge is 0.462 e. The van der Waals surface area contributed by atoms with Gasteiger partial charge >= 0.3 is 19.8 Å². The van der Waals surface area contributed by atoms with Gasteiger partial charge < -0.3 is 20.1 Å². The Morgan fingerprint density at radius 3 is 0.922 bits per heavy atom. The summed E-state index contributed by atoms with van der Waals surface area (Å²) in [6, 6.07) is 0. The number of esters is 2. The summed E-state index contributed by atoms with van der Waals surface area (Å²) in [5, 5.41) is 0. The topological polar surface area (TPSA) is 134 Å². The number of phosphoric ester groups is 1. The predicted octanol–water partition coefficient (Wildman–Crippen LogP) is 22.0. The average molecular weight is 1110 g/mol. The van der Waals surface area contributed by atoms with Gasteiger partial charge in [-0.15, -0.1) is 0 Å². The number of rotatable bonds is 66. The second kappa shape index (κ2) is 63.9. The summed E-state index contributed by atoms with van der Waals surface area (Å²) in [4.78, 5) is 35.2. The fraction of sp³-hybridized carbons (Fsp3) is 0.940. The van der Waals surface area contributed by atoms with E-state index >= 15 is 0 Å². The minimum absolute atomic E-state index is 0.0580. The zero-order valence-electron chi connectivity index (χ0n) is 51.5. The molecule has 0 radical (unpaired) electrons. The molecule has 0 aliphatic carbocycles. The molecule has 0 saturated heterocycles. The fourth-order valence-corrected chi connectivity index (χ4v) is 11.3. The Morgan fingerprint density at radius 2 is 0.636 bits per heavy atom. The summed E-state index contributed by atoms with van der Waals surface area (Å²) < 4.78 is 33.1. The Kier molecular flexibility index (Phi) is 62.9. The van der Waals surface area contributed by atoms with Crippen LogP contribution in [-0.2, 0) is 32.7 Å². The number of hydrogen-bond donors (Lipinski definition) is 2. The van der Waals surface area contributed by atoms with Crippen molar-refractivity contribution in [3.63, 3.8) is 0 Å². The standard InChI is InChI=1S/C67H132NO8P/c1-3-5-7-9-11-13-15-17-19-21-22-23-24-25-26-27-28-29-30-31-32-33-34-35-36-37-38-39-40-41-42-44-46-48-50-52-54-56-58-60-67(70)76-65(64-75-77(71,72)74-62-61-68)63-73-66(69)59-57-55-53-51-49-47-45-43-20-18-16-14-12-10-8-6-4-2/h21-22,65H,3-20,23-64,68H2,1-2H3,(H,71,72)/b22-21-. The van der Waals surface area contributed by atoms with Crippen LogP contribution in [-0.4, -0.2) is 49.3 Å². The molecule has 0 bridgehead atoms. The lowest BCUT2D eigenvalue weighted by Gasteiger charge is -2.19. The van der Waals surface area contributed by atoms with E-state index in [9.17, 15) is 19.0 Å². The van der Waals surface area contributed by atoms with Gasteiger partial charge in [-0.3, -0.25) is 18.6 Å². The molecule has 0 heterocycles. The van der Waals surface area contributed by atoms with Crippen LogP contribution in [0.3, 0.4) is 0 Å². The zero-order valence-corrected chi connectivity index (χ0v) is 52.4. The SMILES string of the molecule is CCCCCCCCCC/C=C\CCCCCCCCCCCCCCCCCCCCCCCCCCCCCC(=O)OC(COC(=O)CCCCCCCCCCCCCCCCCCC)COP(=O)(O)OCCN. The van der Waals surface area contributed by atoms with Crippen LogP contribution in [0.4, 0.5) is 0 Å². The molecule has 9 nitrogen and oxygen atoms in total. The number of carbonyl (C=O) groups is 2. The van der Waals surface area contributed by atoms with Crippen molar-refractivity contribution in [2.24, 2.45) is 5.73 Å². The Hall–Kier alpha value is -1.25. The van der Waals surface area contributed by atoms with Crippen LogP contribution in [0, 0.1) is 0 Å². The van der Waals surface area contributed by atoms with E-state index < -0.39 is 26.5 Å². The highest BCUT2D eigenvalue weighted by Crippen LogP contribution is 2.43. The number of carbonyl (C=O) groups excluding carboxylic acids is 2. The van der Waals surface area contributed by atoms with Crippen molar-refractivity contribution < 1.29 is 37.6 Å². The van der Waals surface area contributed by atoms with Crippen LogP contribution in [0.1, 0.15) is 373 Å². The summed E-state index contributed by atoms with van der Waals surface area (Å²) >= 11 is 0. The van der Waals surface area contributed by atoms with E-state index in [4.69, 9.17) is 24.3 Å². The molecule has 0 saturated carbocycles. The number of hydrogen-bond acceptors (Lipinski definition) is 8. The van der Waals surface area contributed by atoms with Gasteiger partial charge in [0.2, 0.25) is 0 Å². The first-order valence-corrected chi connectivity index (χ1v) is 35.7. The minimum atomic E-state index is -4.38. The maximum Gasteiger partial charge on any atom is 0.472 e. The van der Waals surface area contributed by atoms with Crippen molar-refractivity contribution in [2.45, 2.75) is 380 Å². The fourth-order valence-electron chi connectivity index (χ4n) is 10.6. The highest BCUT2D eigenvalue weighted by atomic mass is 31.2. The molecule has 3 N–H and O–H groups in total. The van der Waals surface area contributed by atoms with Gasteiger partial charge in [0.15, 0.2) is 6.10 Å². The molecule has 458 valence electrons. The number of phosphoric acid groups is 1. The minimum Gasteiger partial charge on any atom is -0.462 e. The third-order valence-electron chi connectivity index (χ3n) is 15.7. The molecule has 77 heavy (non-hydrogen) atoms. The van der Waals surface area contributed by atoms with E-state index in [1.807, 2.05) is 0 Å². The molecule has 0 fully saturated rings. The lowest BCUT2D eigenvalue weighted by Crippen LogP contribution is -2.29. The van der Waals surface area contributed by atoms with Crippen molar-refractivity contribution in [2.75, 3.05) is 26.4 Å². The number of unbranched alkanes of at least 4 members (excludes halogenated alkanes) is 51. The Labute approximate surface area is 479 Å². The molecule has 0 spiro atoms. The summed E-state index contributed by atoms with van der Waals surface area (Å²) in [7, 11) is -4.38. The highest BCUT2D eigenvalue weighted by molar-refractivity contribution is 7.47. The van der Waals surface area contributed by atoms with Gasteiger partial charge in [0.25, 0.3) is 0 Å². The van der Waals surface area contributed by atoms with E-state index in [0.29, 0.717) is 6.42 Å². The average Bonchev–Trinajstić information content (AvgIpc) is 3.42. The molecule has 0 amide bonds. The first kappa shape index (κ1) is 75.8. The maximum atomic E-state index is 12.7. The highest BCUT2D eigenvalue weighted by Gasteiger charge is 2.26. The monoisotopic (exact) mass is 1110 g/mol. The molecule has 0 aliphatic rings. The van der Waals surface area contributed by atoms with Gasteiger partial charge in [0, 0.05) is 19.4 Å². The maximum absolute atomic E-state index is 12.7. The quantitative estimate of drug-likeness (QED) is 0.0264. The Morgan fingerprint density at radius 1 is 0.377 bits per heavy atom. The summed E-state index contributed by atoms with van der Waals surface area (Å²) in [5.74, 6) is -0.802. The first-order valence-electron chi connectivity index (χ1n) is 34.2. The van der Waals surface area contributed by atoms with E-state index in [1.165, 1.54) is 308 Å². The van der Waals surface area contributed by atoms with E-state index in [1.54, 1.807) is 0 Å². The number of allylic oxidation sites excluding steroid dienone is 2. The van der Waals surface area contributed by atoms with Gasteiger partial charge in [-0.1, -0.05) is 334 Å². The van der Waals surface area contributed by atoms with Gasteiger partial charge in [-0.25, -0.2) is 4.57 Å². The molecule has 2 unspecified atom stereocenters. The van der Waals surface area contributed by atoms with Crippen molar-refractivity contribution >= 4 is 19.8 Å². The summed E-state index contributed by atoms with van der Waals surface area (Å²) in [6.07, 6.45) is 76.1. The largest absolute Gasteiger partial charge is 0.472 e. The zero-order chi connectivity index (χ0) is 55.9. The Balaban J connectivity index is 3.72. The second-order valence-electron chi connectivity index (χ2n) is 23.4. The van der Waals surface area contributed by atoms with Crippen molar-refractivity contribution in [1.29, 1.82) is 0 Å². The molecule has 0 aromatic rings. The molecule has 2 atom stereocenters. The lowest BCUT2D eigenvalue weighted by atomic mass is 10.0. The molecule has 10 heteroatoms. The molecule has 0 aromatic carbocycles. The van der Waals surface area contributed by atoms with Crippen LogP contribution >= 0.6 is 7.82 Å². The van der Waals surface area contributed by atoms with E-state index in [0.717, 1.165) is 32.1 Å². The lowest BCUT2D eigenvalue weighted by molar-refractivity contribution is -0.161. The molecule has 0 rings (SSSR count). The van der Waals surface area contributed by atoms with Crippen LogP contribution in [0.15, 0.2) is 12.2 Å². The number of ether oxygens (including phenoxy) is 2. The van der Waals surface area contributed by atoms with Gasteiger partial charge in [-0.05, 0) is 38.5 Å². The van der Waals surface area contributed by atoms with Crippen molar-refractivity contribution in [3.05, 3.63) is 12.2 Å². The van der Waals surface area contributed by atoms with Gasteiger partial charge in [0.05, 0.1) is 13.2 Å². The normalized spacial score (nSPS) is 12.9. The molecule has 0 aromatic heterocycles. The van der Waals surface area contributed by atoms with Crippen molar-refractivity contribution in [1.82, 2.24) is 0 Å². The van der Waals surface area contributed by atoms with E-state index in [-0.39, 0.29) is 38.6 Å². The van der Waals surface area contributed by atoms with Gasteiger partial charge in [0.1, 0.15) is 6.61 Å². The predicted molar refractivity (Wildman–Crippen MR) is 331 cm³/mol. The molecule has 0 aliphatic heterocycles. The third-order valence-corrected chi connectivity index (χ3v) is 16.6. The third kappa shape index (κ3) is 63.8. The summed E-state index contributed by atoms with van der Waals surface area (Å²) in [6.45, 7) is 3.82. The first-order chi connectivity index (χ1) is 37.8. The summed E-state index contributed by atoms with van der Waals surface area (Å²) in [5.41, 5.74) is 5.39. The van der Waals surface area contributed by atoms with E-state index in [2.05, 4.69) is 26.0 Å². The molecular weight excluding hydrogens is 978 g/mol. The van der Waals surface area contributed by atoms with Crippen LogP contribution in [0.5, 0.6) is 0 Å². The van der Waals surface area contributed by atoms with Crippen molar-refractivity contribution in [3.8, 4) is 0 Å². The molecular formula is C67H132NO8P. The van der Waals surface area contributed by atoms with Crippen LogP contribution in [0.25, 0.3) is 0 Å². The Bertz CT molecular complexity index is 1270. The van der Waals surface area contributed by atoms with Crippen LogP contribution < -0.4 is 5.73 Å². The number of nitrogens with two attached hydrogens (primary N) is 1. The van der Waals surface area contributed by atoms with Crippen LogP contribution in [0.2, 0.25) is 0 Å². The second-order valence-corrected chi connectivity index (χ2v) is 24.9.